The van der Waals surface area contributed by atoms with Gasteiger partial charge in [-0.3, -0.25) is 9.69 Å². The Morgan fingerprint density at radius 1 is 1.11 bits per heavy atom. The molecule has 0 saturated carbocycles. The highest BCUT2D eigenvalue weighted by molar-refractivity contribution is 5.93. The summed E-state index contributed by atoms with van der Waals surface area (Å²) < 4.78 is 29.3. The number of alkyl halides is 2. The average molecular weight is 386 g/mol. The first-order valence-corrected chi connectivity index (χ1v) is 10.0. The van der Waals surface area contributed by atoms with E-state index in [1.807, 2.05) is 47.1 Å². The lowest BCUT2D eigenvalue weighted by atomic mass is 9.96. The van der Waals surface area contributed by atoms with Crippen LogP contribution in [0.5, 0.6) is 0 Å². The number of para-hydroxylation sites is 1. The Kier molecular flexibility index (Phi) is 6.79. The molecule has 0 aliphatic carbocycles. The van der Waals surface area contributed by atoms with E-state index >= 15 is 0 Å². The van der Waals surface area contributed by atoms with Gasteiger partial charge in [0.05, 0.1) is 6.54 Å². The van der Waals surface area contributed by atoms with E-state index in [1.54, 1.807) is 18.2 Å². The maximum atomic E-state index is 14.7. The third kappa shape index (κ3) is 5.16. The molecule has 1 saturated heterocycles. The molecule has 1 unspecified atom stereocenters. The monoisotopic (exact) mass is 386 g/mol. The number of hydrogen-bond donors (Lipinski definition) is 0. The Labute approximate surface area is 166 Å². The summed E-state index contributed by atoms with van der Waals surface area (Å²) in [6.45, 7) is 3.41. The molecule has 1 amide bonds. The zero-order valence-corrected chi connectivity index (χ0v) is 16.4. The van der Waals surface area contributed by atoms with Crippen LogP contribution in [-0.4, -0.2) is 37.0 Å². The van der Waals surface area contributed by atoms with Crippen LogP contribution in [0, 0.1) is 5.92 Å². The zero-order valence-electron chi connectivity index (χ0n) is 16.4. The van der Waals surface area contributed by atoms with Gasteiger partial charge in [0.1, 0.15) is 0 Å². The highest BCUT2D eigenvalue weighted by Gasteiger charge is 2.35. The second-order valence-electron chi connectivity index (χ2n) is 7.51. The molecule has 5 heteroatoms. The van der Waals surface area contributed by atoms with E-state index in [2.05, 4.69) is 0 Å². The lowest BCUT2D eigenvalue weighted by molar-refractivity contribution is -0.118. The molecule has 28 heavy (non-hydrogen) atoms. The van der Waals surface area contributed by atoms with Crippen molar-refractivity contribution < 1.29 is 13.6 Å². The molecular weight excluding hydrogens is 358 g/mol. The van der Waals surface area contributed by atoms with Gasteiger partial charge in [-0.25, -0.2) is 0 Å². The Morgan fingerprint density at radius 3 is 2.39 bits per heavy atom. The molecule has 3 rings (SSSR count). The van der Waals surface area contributed by atoms with Gasteiger partial charge in [-0.05, 0) is 37.4 Å². The van der Waals surface area contributed by atoms with Crippen LogP contribution in [0.15, 0.2) is 60.7 Å². The van der Waals surface area contributed by atoms with Crippen molar-refractivity contribution in [2.75, 3.05) is 31.1 Å². The fourth-order valence-electron chi connectivity index (χ4n) is 3.91. The predicted molar refractivity (Wildman–Crippen MR) is 109 cm³/mol. The summed E-state index contributed by atoms with van der Waals surface area (Å²) in [6, 6.07) is 17.6. The van der Waals surface area contributed by atoms with Crippen LogP contribution in [-0.2, 0) is 10.7 Å². The number of rotatable bonds is 7. The van der Waals surface area contributed by atoms with Crippen molar-refractivity contribution in [2.45, 2.75) is 32.1 Å². The first-order chi connectivity index (χ1) is 13.5. The van der Waals surface area contributed by atoms with Crippen molar-refractivity contribution >= 4 is 11.6 Å². The average Bonchev–Trinajstić information content (AvgIpc) is 2.73. The third-order valence-electron chi connectivity index (χ3n) is 5.33. The maximum absolute atomic E-state index is 14.7. The summed E-state index contributed by atoms with van der Waals surface area (Å²) in [7, 11) is 0. The van der Waals surface area contributed by atoms with Gasteiger partial charge in [-0.15, -0.1) is 0 Å². The summed E-state index contributed by atoms with van der Waals surface area (Å²) in [5, 5.41) is 0. The summed E-state index contributed by atoms with van der Waals surface area (Å²) in [4.78, 5) is 16.1. The van der Waals surface area contributed by atoms with Crippen LogP contribution < -0.4 is 4.90 Å². The van der Waals surface area contributed by atoms with Crippen molar-refractivity contribution in [1.29, 1.82) is 0 Å². The smallest absolute Gasteiger partial charge is 0.285 e. The molecule has 0 N–H and O–H groups in total. The van der Waals surface area contributed by atoms with E-state index in [1.165, 1.54) is 12.1 Å². The van der Waals surface area contributed by atoms with Crippen molar-refractivity contribution in [3.8, 4) is 0 Å². The lowest BCUT2D eigenvalue weighted by Crippen LogP contribution is -2.46. The molecular formula is C23H28F2N2O. The largest absolute Gasteiger partial charge is 0.312 e. The van der Waals surface area contributed by atoms with Gasteiger partial charge >= 0.3 is 0 Å². The Bertz CT molecular complexity index is 752. The van der Waals surface area contributed by atoms with E-state index in [9.17, 15) is 13.6 Å². The van der Waals surface area contributed by atoms with Crippen LogP contribution in [0.1, 0.15) is 31.7 Å². The number of hydrogen-bond acceptors (Lipinski definition) is 2. The molecule has 1 aliphatic heterocycles. The SMILES string of the molecule is CCC(=O)N(CC1CCCN(CC(F)(F)c2ccccc2)C1)c1ccccc1. The molecule has 1 fully saturated rings. The van der Waals surface area contributed by atoms with Crippen LogP contribution in [0.3, 0.4) is 0 Å². The van der Waals surface area contributed by atoms with Crippen LogP contribution in [0.4, 0.5) is 14.5 Å². The van der Waals surface area contributed by atoms with Gasteiger partial charge in [0.25, 0.3) is 5.92 Å². The molecule has 1 aliphatic rings. The molecule has 0 radical (unpaired) electrons. The summed E-state index contributed by atoms with van der Waals surface area (Å²) >= 11 is 0. The van der Waals surface area contributed by atoms with Crippen molar-refractivity contribution in [1.82, 2.24) is 4.90 Å². The van der Waals surface area contributed by atoms with E-state index < -0.39 is 5.92 Å². The number of halogens is 2. The molecule has 0 spiro atoms. The van der Waals surface area contributed by atoms with Crippen LogP contribution in [0.2, 0.25) is 0 Å². The normalized spacial score (nSPS) is 18.0. The quantitative estimate of drug-likeness (QED) is 0.673. The summed E-state index contributed by atoms with van der Waals surface area (Å²) in [5.74, 6) is -2.62. The number of anilines is 1. The number of nitrogens with zero attached hydrogens (tertiary/aromatic N) is 2. The fourth-order valence-corrected chi connectivity index (χ4v) is 3.91. The first-order valence-electron chi connectivity index (χ1n) is 10.0. The van der Waals surface area contributed by atoms with Crippen LogP contribution in [0.25, 0.3) is 0 Å². The number of carbonyl (C=O) groups excluding carboxylic acids is 1. The number of piperidine rings is 1. The molecule has 0 aromatic heterocycles. The second kappa shape index (κ2) is 9.28. The highest BCUT2D eigenvalue weighted by atomic mass is 19.3. The van der Waals surface area contributed by atoms with E-state index in [4.69, 9.17) is 0 Å². The van der Waals surface area contributed by atoms with Gasteiger partial charge in [0, 0.05) is 30.8 Å². The number of benzene rings is 2. The Morgan fingerprint density at radius 2 is 1.75 bits per heavy atom. The minimum absolute atomic E-state index is 0.0594. The number of amides is 1. The molecule has 150 valence electrons. The van der Waals surface area contributed by atoms with Crippen molar-refractivity contribution in [2.24, 2.45) is 5.92 Å². The van der Waals surface area contributed by atoms with Gasteiger partial charge in [-0.2, -0.15) is 8.78 Å². The van der Waals surface area contributed by atoms with Gasteiger partial charge in [0.15, 0.2) is 0 Å². The maximum Gasteiger partial charge on any atom is 0.285 e. The van der Waals surface area contributed by atoms with Crippen molar-refractivity contribution in [3.05, 3.63) is 66.2 Å². The standard InChI is InChI=1S/C23H28F2N2O/c1-2-22(28)27(21-13-7-4-8-14-21)17-19-10-9-15-26(16-19)18-23(24,25)20-11-5-3-6-12-20/h3-8,11-14,19H,2,9-10,15-18H2,1H3. The second-order valence-corrected chi connectivity index (χ2v) is 7.51. The third-order valence-corrected chi connectivity index (χ3v) is 5.33. The zero-order chi connectivity index (χ0) is 20.0. The van der Waals surface area contributed by atoms with Gasteiger partial charge in [-0.1, -0.05) is 55.5 Å². The number of likely N-dealkylation sites (tertiary alicyclic amines) is 1. The minimum atomic E-state index is -2.87. The molecule has 1 heterocycles. The molecule has 1 atom stereocenters. The topological polar surface area (TPSA) is 23.6 Å². The fraction of sp³-hybridized carbons (Fsp3) is 0.435. The Balaban J connectivity index is 1.66. The van der Waals surface area contributed by atoms with E-state index in [-0.39, 0.29) is 23.9 Å². The minimum Gasteiger partial charge on any atom is -0.312 e. The molecule has 2 aromatic rings. The van der Waals surface area contributed by atoms with E-state index in [0.717, 1.165) is 18.5 Å². The highest BCUT2D eigenvalue weighted by Crippen LogP contribution is 2.31. The van der Waals surface area contributed by atoms with E-state index in [0.29, 0.717) is 26.1 Å². The first kappa shape index (κ1) is 20.5. The lowest BCUT2D eigenvalue weighted by Gasteiger charge is -2.37. The predicted octanol–water partition coefficient (Wildman–Crippen LogP) is 4.93. The van der Waals surface area contributed by atoms with Gasteiger partial charge in [0.2, 0.25) is 5.91 Å². The molecule has 3 nitrogen and oxygen atoms in total. The van der Waals surface area contributed by atoms with Gasteiger partial charge < -0.3 is 4.90 Å². The number of carbonyl (C=O) groups is 1. The van der Waals surface area contributed by atoms with Crippen LogP contribution >= 0.6 is 0 Å². The summed E-state index contributed by atoms with van der Waals surface area (Å²) in [5.41, 5.74) is 0.935. The van der Waals surface area contributed by atoms with Crippen molar-refractivity contribution in [3.63, 3.8) is 0 Å². The molecule has 2 aromatic carbocycles. The Hall–Kier alpha value is -2.27. The molecule has 0 bridgehead atoms. The summed E-state index contributed by atoms with van der Waals surface area (Å²) in [6.07, 6.45) is 2.25.